The lowest BCUT2D eigenvalue weighted by atomic mass is 10.3. The number of hydrogen-bond acceptors (Lipinski definition) is 3. The van der Waals surface area contributed by atoms with Crippen molar-refractivity contribution in [3.63, 3.8) is 0 Å². The van der Waals surface area contributed by atoms with Gasteiger partial charge in [-0.25, -0.2) is 0 Å². The van der Waals surface area contributed by atoms with Gasteiger partial charge < -0.3 is 20.3 Å². The fraction of sp³-hybridized carbons (Fsp3) is 0.556. The minimum absolute atomic E-state index is 0. The van der Waals surface area contributed by atoms with Gasteiger partial charge in [-0.1, -0.05) is 25.1 Å². The standard InChI is InChI=1S/C18H28N4O2.HI/c1-4-17(23)22-11-10-15(13-22)21-18(19-3)20-12-14(2)24-16-8-6-5-7-9-16;/h5-9,14-15H,4,10-13H2,1-3H3,(H2,19,20,21);1H. The van der Waals surface area contributed by atoms with Crippen molar-refractivity contribution in [2.75, 3.05) is 26.7 Å². The summed E-state index contributed by atoms with van der Waals surface area (Å²) in [4.78, 5) is 17.9. The lowest BCUT2D eigenvalue weighted by Crippen LogP contribution is -2.47. The van der Waals surface area contributed by atoms with E-state index in [0.717, 1.165) is 31.2 Å². The molecule has 2 N–H and O–H groups in total. The number of rotatable bonds is 6. The van der Waals surface area contributed by atoms with Crippen LogP contribution in [0.15, 0.2) is 35.3 Å². The summed E-state index contributed by atoms with van der Waals surface area (Å²) in [6.07, 6.45) is 1.53. The van der Waals surface area contributed by atoms with Crippen LogP contribution in [0, 0.1) is 0 Å². The van der Waals surface area contributed by atoms with Crippen LogP contribution in [0.5, 0.6) is 5.75 Å². The number of carbonyl (C=O) groups is 1. The van der Waals surface area contributed by atoms with E-state index in [2.05, 4.69) is 15.6 Å². The number of benzene rings is 1. The van der Waals surface area contributed by atoms with Crippen molar-refractivity contribution in [2.24, 2.45) is 4.99 Å². The van der Waals surface area contributed by atoms with Gasteiger partial charge in [-0.3, -0.25) is 9.79 Å². The molecule has 0 bridgehead atoms. The fourth-order valence-electron chi connectivity index (χ4n) is 2.73. The molecule has 6 nitrogen and oxygen atoms in total. The number of guanidine groups is 1. The van der Waals surface area contributed by atoms with E-state index in [0.29, 0.717) is 13.0 Å². The summed E-state index contributed by atoms with van der Waals surface area (Å²) in [5.41, 5.74) is 0. The van der Waals surface area contributed by atoms with Crippen LogP contribution in [0.4, 0.5) is 0 Å². The summed E-state index contributed by atoms with van der Waals surface area (Å²) in [6.45, 7) is 6.12. The van der Waals surface area contributed by atoms with E-state index in [1.807, 2.05) is 49.1 Å². The third kappa shape index (κ3) is 7.09. The Morgan fingerprint density at radius 1 is 1.40 bits per heavy atom. The van der Waals surface area contributed by atoms with E-state index >= 15 is 0 Å². The van der Waals surface area contributed by atoms with Crippen molar-refractivity contribution in [1.82, 2.24) is 15.5 Å². The zero-order chi connectivity index (χ0) is 17.4. The number of ether oxygens (including phenoxy) is 1. The molecule has 0 radical (unpaired) electrons. The van der Waals surface area contributed by atoms with Gasteiger partial charge in [0.15, 0.2) is 5.96 Å². The third-order valence-corrected chi connectivity index (χ3v) is 4.05. The molecule has 1 heterocycles. The van der Waals surface area contributed by atoms with Crippen molar-refractivity contribution in [3.8, 4) is 5.75 Å². The van der Waals surface area contributed by atoms with E-state index in [1.54, 1.807) is 7.05 Å². The molecular weight excluding hydrogens is 431 g/mol. The number of nitrogens with zero attached hydrogens (tertiary/aromatic N) is 2. The quantitative estimate of drug-likeness (QED) is 0.389. The number of hydrogen-bond donors (Lipinski definition) is 2. The maximum Gasteiger partial charge on any atom is 0.222 e. The van der Waals surface area contributed by atoms with Crippen LogP contribution in [-0.4, -0.2) is 55.6 Å². The van der Waals surface area contributed by atoms with Crippen LogP contribution in [0.25, 0.3) is 0 Å². The van der Waals surface area contributed by atoms with Crippen LogP contribution in [0.3, 0.4) is 0 Å². The normalized spacial score (nSPS) is 18.3. The molecular formula is C18H29IN4O2. The highest BCUT2D eigenvalue weighted by Gasteiger charge is 2.25. The van der Waals surface area contributed by atoms with E-state index in [1.165, 1.54) is 0 Å². The lowest BCUT2D eigenvalue weighted by molar-refractivity contribution is -0.129. The summed E-state index contributed by atoms with van der Waals surface area (Å²) < 4.78 is 5.84. The van der Waals surface area contributed by atoms with Crippen LogP contribution in [-0.2, 0) is 4.79 Å². The number of nitrogens with one attached hydrogen (secondary N) is 2. The average Bonchev–Trinajstić information content (AvgIpc) is 3.07. The topological polar surface area (TPSA) is 66.0 Å². The molecule has 1 aromatic rings. The largest absolute Gasteiger partial charge is 0.489 e. The highest BCUT2D eigenvalue weighted by molar-refractivity contribution is 14.0. The zero-order valence-electron chi connectivity index (χ0n) is 15.2. The highest BCUT2D eigenvalue weighted by atomic mass is 127. The molecule has 140 valence electrons. The van der Waals surface area contributed by atoms with E-state index < -0.39 is 0 Å². The van der Waals surface area contributed by atoms with Crippen LogP contribution >= 0.6 is 24.0 Å². The molecule has 7 heteroatoms. The molecule has 25 heavy (non-hydrogen) atoms. The van der Waals surface area contributed by atoms with Gasteiger partial charge >= 0.3 is 0 Å². The number of para-hydroxylation sites is 1. The SMILES string of the molecule is CCC(=O)N1CCC(NC(=NC)NCC(C)Oc2ccccc2)C1.I. The molecule has 0 aliphatic carbocycles. The number of carbonyl (C=O) groups excluding carboxylic acids is 1. The Morgan fingerprint density at radius 2 is 2.12 bits per heavy atom. The van der Waals surface area contributed by atoms with Gasteiger partial charge in [-0.2, -0.15) is 0 Å². The molecule has 2 atom stereocenters. The van der Waals surface area contributed by atoms with Gasteiger partial charge in [0, 0.05) is 32.6 Å². The van der Waals surface area contributed by atoms with Gasteiger partial charge in [0.1, 0.15) is 11.9 Å². The summed E-state index contributed by atoms with van der Waals surface area (Å²) >= 11 is 0. The molecule has 0 aromatic heterocycles. The van der Waals surface area contributed by atoms with E-state index in [-0.39, 0.29) is 42.0 Å². The smallest absolute Gasteiger partial charge is 0.222 e. The van der Waals surface area contributed by atoms with Crippen molar-refractivity contribution in [2.45, 2.75) is 38.8 Å². The number of halogens is 1. The van der Waals surface area contributed by atoms with E-state index in [9.17, 15) is 4.79 Å². The number of aliphatic imine (C=N–C) groups is 1. The first-order chi connectivity index (χ1) is 11.6. The molecule has 1 saturated heterocycles. The molecule has 1 amide bonds. The molecule has 0 saturated carbocycles. The Kier molecular flexibility index (Phi) is 9.62. The highest BCUT2D eigenvalue weighted by Crippen LogP contribution is 2.11. The van der Waals surface area contributed by atoms with Crippen LogP contribution < -0.4 is 15.4 Å². The van der Waals surface area contributed by atoms with E-state index in [4.69, 9.17) is 4.74 Å². The summed E-state index contributed by atoms with van der Waals surface area (Å²) in [5, 5.41) is 6.67. The van der Waals surface area contributed by atoms with Crippen molar-refractivity contribution in [3.05, 3.63) is 30.3 Å². The Hall–Kier alpha value is -1.51. The molecule has 1 aliphatic rings. The maximum atomic E-state index is 11.7. The summed E-state index contributed by atoms with van der Waals surface area (Å²) in [5.74, 6) is 1.82. The van der Waals surface area contributed by atoms with Gasteiger partial charge in [0.25, 0.3) is 0 Å². The van der Waals surface area contributed by atoms with Crippen LogP contribution in [0.1, 0.15) is 26.7 Å². The molecule has 0 spiro atoms. The van der Waals surface area contributed by atoms with Gasteiger partial charge in [-0.05, 0) is 25.5 Å². The molecule has 2 unspecified atom stereocenters. The first-order valence-electron chi connectivity index (χ1n) is 8.59. The minimum atomic E-state index is 0. The van der Waals surface area contributed by atoms with Gasteiger partial charge in [0.2, 0.25) is 5.91 Å². The average molecular weight is 460 g/mol. The number of amides is 1. The number of likely N-dealkylation sites (tertiary alicyclic amines) is 1. The Balaban J connectivity index is 0.00000312. The predicted octanol–water partition coefficient (Wildman–Crippen LogP) is 2.25. The van der Waals surface area contributed by atoms with Crippen molar-refractivity contribution in [1.29, 1.82) is 0 Å². The Bertz CT molecular complexity index is 553. The Morgan fingerprint density at radius 3 is 2.76 bits per heavy atom. The summed E-state index contributed by atoms with van der Waals surface area (Å²) in [7, 11) is 1.75. The summed E-state index contributed by atoms with van der Waals surface area (Å²) in [6, 6.07) is 10.0. The van der Waals surface area contributed by atoms with Crippen molar-refractivity contribution < 1.29 is 9.53 Å². The first kappa shape index (κ1) is 21.5. The molecule has 1 aliphatic heterocycles. The zero-order valence-corrected chi connectivity index (χ0v) is 17.5. The maximum absolute atomic E-state index is 11.7. The molecule has 1 aromatic carbocycles. The van der Waals surface area contributed by atoms with Crippen molar-refractivity contribution >= 4 is 35.8 Å². The van der Waals surface area contributed by atoms with Gasteiger partial charge in [0.05, 0.1) is 6.54 Å². The molecule has 1 fully saturated rings. The fourth-order valence-corrected chi connectivity index (χ4v) is 2.73. The second-order valence-corrected chi connectivity index (χ2v) is 6.02. The predicted molar refractivity (Wildman–Crippen MR) is 112 cm³/mol. The van der Waals surface area contributed by atoms with Gasteiger partial charge in [-0.15, -0.1) is 24.0 Å². The lowest BCUT2D eigenvalue weighted by Gasteiger charge is -2.20. The Labute approximate surface area is 167 Å². The third-order valence-electron chi connectivity index (χ3n) is 4.05. The van der Waals surface area contributed by atoms with Crippen LogP contribution in [0.2, 0.25) is 0 Å². The monoisotopic (exact) mass is 460 g/mol. The molecule has 2 rings (SSSR count). The second kappa shape index (κ2) is 11.2. The second-order valence-electron chi connectivity index (χ2n) is 6.02. The first-order valence-corrected chi connectivity index (χ1v) is 8.59. The minimum Gasteiger partial charge on any atom is -0.489 e.